The summed E-state index contributed by atoms with van der Waals surface area (Å²) in [5.41, 5.74) is 0.910. The number of carbonyl (C=O) groups is 1. The van der Waals surface area contributed by atoms with Crippen molar-refractivity contribution in [2.45, 2.75) is 33.1 Å². The van der Waals surface area contributed by atoms with Gasteiger partial charge >= 0.3 is 0 Å². The van der Waals surface area contributed by atoms with E-state index in [1.807, 2.05) is 32.2 Å². The lowest BCUT2D eigenvalue weighted by Gasteiger charge is -2.15. The maximum Gasteiger partial charge on any atom is 0.226 e. The normalized spacial score (nSPS) is 10.7. The average molecular weight is 249 g/mol. The van der Waals surface area contributed by atoms with Gasteiger partial charge in [-0.05, 0) is 39.1 Å². The van der Waals surface area contributed by atoms with E-state index in [2.05, 4.69) is 22.1 Å². The zero-order valence-electron chi connectivity index (χ0n) is 11.6. The summed E-state index contributed by atoms with van der Waals surface area (Å²) >= 11 is 0. The molecule has 1 aromatic heterocycles. The Balaban J connectivity index is 2.29. The van der Waals surface area contributed by atoms with Crippen molar-refractivity contribution < 1.29 is 4.79 Å². The SMILES string of the molecule is CCCCN(C)CCC(=O)Nc1cccc(C)n1. The number of aryl methyl sites for hydroxylation is 1. The van der Waals surface area contributed by atoms with E-state index in [1.165, 1.54) is 12.8 Å². The molecular formula is C14H23N3O. The van der Waals surface area contributed by atoms with Crippen LogP contribution in [0.4, 0.5) is 5.82 Å². The first-order chi connectivity index (χ1) is 8.61. The van der Waals surface area contributed by atoms with E-state index >= 15 is 0 Å². The molecule has 0 spiro atoms. The molecule has 0 saturated heterocycles. The van der Waals surface area contributed by atoms with Crippen molar-refractivity contribution in [1.82, 2.24) is 9.88 Å². The fourth-order valence-corrected chi connectivity index (χ4v) is 1.65. The highest BCUT2D eigenvalue weighted by atomic mass is 16.1. The molecule has 0 atom stereocenters. The molecular weight excluding hydrogens is 226 g/mol. The number of hydrogen-bond donors (Lipinski definition) is 1. The number of nitrogens with zero attached hydrogens (tertiary/aromatic N) is 2. The highest BCUT2D eigenvalue weighted by Crippen LogP contribution is 2.04. The molecule has 100 valence electrons. The third-order valence-electron chi connectivity index (χ3n) is 2.77. The van der Waals surface area contributed by atoms with Crippen molar-refractivity contribution in [3.8, 4) is 0 Å². The summed E-state index contributed by atoms with van der Waals surface area (Å²) in [6.45, 7) is 5.92. The van der Waals surface area contributed by atoms with Crippen LogP contribution in [0, 0.1) is 6.92 Å². The summed E-state index contributed by atoms with van der Waals surface area (Å²) in [4.78, 5) is 18.2. The fourth-order valence-electron chi connectivity index (χ4n) is 1.65. The quantitative estimate of drug-likeness (QED) is 0.807. The highest BCUT2D eigenvalue weighted by molar-refractivity contribution is 5.89. The Hall–Kier alpha value is -1.42. The van der Waals surface area contributed by atoms with Gasteiger partial charge in [0.15, 0.2) is 0 Å². The molecule has 0 aliphatic carbocycles. The van der Waals surface area contributed by atoms with Crippen molar-refractivity contribution in [2.75, 3.05) is 25.5 Å². The highest BCUT2D eigenvalue weighted by Gasteiger charge is 2.05. The Morgan fingerprint density at radius 1 is 1.39 bits per heavy atom. The van der Waals surface area contributed by atoms with Crippen molar-refractivity contribution >= 4 is 11.7 Å². The summed E-state index contributed by atoms with van der Waals surface area (Å²) in [7, 11) is 2.05. The van der Waals surface area contributed by atoms with Crippen LogP contribution in [-0.4, -0.2) is 35.9 Å². The maximum atomic E-state index is 11.7. The molecule has 0 aromatic carbocycles. The molecule has 0 saturated carbocycles. The standard InChI is InChI=1S/C14H23N3O/c1-4-5-10-17(3)11-9-14(18)16-13-8-6-7-12(2)15-13/h6-8H,4-5,9-11H2,1-3H3,(H,15,16,18). The molecule has 0 unspecified atom stereocenters. The molecule has 0 radical (unpaired) electrons. The summed E-state index contributed by atoms with van der Waals surface area (Å²) in [5.74, 6) is 0.660. The van der Waals surface area contributed by atoms with E-state index < -0.39 is 0 Å². The zero-order chi connectivity index (χ0) is 13.4. The third-order valence-corrected chi connectivity index (χ3v) is 2.77. The monoisotopic (exact) mass is 249 g/mol. The molecule has 1 N–H and O–H groups in total. The Bertz CT molecular complexity index is 379. The van der Waals surface area contributed by atoms with Crippen molar-refractivity contribution in [3.05, 3.63) is 23.9 Å². The lowest BCUT2D eigenvalue weighted by atomic mass is 10.3. The van der Waals surface area contributed by atoms with Crippen LogP contribution in [0.2, 0.25) is 0 Å². The Kier molecular flexibility index (Phi) is 6.36. The predicted molar refractivity (Wildman–Crippen MR) is 74.6 cm³/mol. The fraction of sp³-hybridized carbons (Fsp3) is 0.571. The number of rotatable bonds is 7. The molecule has 0 fully saturated rings. The van der Waals surface area contributed by atoms with E-state index in [0.29, 0.717) is 12.2 Å². The lowest BCUT2D eigenvalue weighted by Crippen LogP contribution is -2.25. The molecule has 1 heterocycles. The largest absolute Gasteiger partial charge is 0.311 e. The number of nitrogens with one attached hydrogen (secondary N) is 1. The Morgan fingerprint density at radius 3 is 2.83 bits per heavy atom. The summed E-state index contributed by atoms with van der Waals surface area (Å²) in [5, 5.41) is 2.82. The molecule has 1 amide bonds. The number of amides is 1. The van der Waals surface area contributed by atoms with Crippen LogP contribution in [0.25, 0.3) is 0 Å². The molecule has 0 bridgehead atoms. The van der Waals surface area contributed by atoms with Gasteiger partial charge in [-0.2, -0.15) is 0 Å². The van der Waals surface area contributed by atoms with Gasteiger partial charge < -0.3 is 10.2 Å². The van der Waals surface area contributed by atoms with E-state index in [4.69, 9.17) is 0 Å². The van der Waals surface area contributed by atoms with Crippen LogP contribution >= 0.6 is 0 Å². The van der Waals surface area contributed by atoms with Crippen LogP contribution in [0.3, 0.4) is 0 Å². The van der Waals surface area contributed by atoms with E-state index in [0.717, 1.165) is 18.8 Å². The van der Waals surface area contributed by atoms with Crippen LogP contribution < -0.4 is 5.32 Å². The van der Waals surface area contributed by atoms with Crippen molar-refractivity contribution in [2.24, 2.45) is 0 Å². The first kappa shape index (κ1) is 14.6. The zero-order valence-corrected chi connectivity index (χ0v) is 11.6. The summed E-state index contributed by atoms with van der Waals surface area (Å²) in [6.07, 6.45) is 2.87. The van der Waals surface area contributed by atoms with Gasteiger partial charge in [0.25, 0.3) is 0 Å². The number of unbranched alkanes of at least 4 members (excludes halogenated alkanes) is 1. The van der Waals surface area contributed by atoms with Gasteiger partial charge in [0.1, 0.15) is 5.82 Å². The predicted octanol–water partition coefficient (Wildman–Crippen LogP) is 2.45. The second kappa shape index (κ2) is 7.82. The van der Waals surface area contributed by atoms with Gasteiger partial charge in [0.2, 0.25) is 5.91 Å². The summed E-state index contributed by atoms with van der Waals surface area (Å²) < 4.78 is 0. The van der Waals surface area contributed by atoms with Gasteiger partial charge in [-0.1, -0.05) is 19.4 Å². The van der Waals surface area contributed by atoms with Crippen LogP contribution in [0.5, 0.6) is 0 Å². The molecule has 0 aliphatic heterocycles. The second-order valence-electron chi connectivity index (χ2n) is 4.62. The van der Waals surface area contributed by atoms with Gasteiger partial charge in [0, 0.05) is 18.7 Å². The molecule has 0 aliphatic rings. The second-order valence-corrected chi connectivity index (χ2v) is 4.62. The van der Waals surface area contributed by atoms with Crippen molar-refractivity contribution in [1.29, 1.82) is 0 Å². The molecule has 1 aromatic rings. The minimum Gasteiger partial charge on any atom is -0.311 e. The maximum absolute atomic E-state index is 11.7. The topological polar surface area (TPSA) is 45.2 Å². The molecule has 4 nitrogen and oxygen atoms in total. The van der Waals surface area contributed by atoms with E-state index in [-0.39, 0.29) is 5.91 Å². The lowest BCUT2D eigenvalue weighted by molar-refractivity contribution is -0.116. The number of pyridine rings is 1. The minimum absolute atomic E-state index is 0.0245. The number of aromatic nitrogens is 1. The minimum atomic E-state index is 0.0245. The van der Waals surface area contributed by atoms with Crippen LogP contribution in [0.15, 0.2) is 18.2 Å². The van der Waals surface area contributed by atoms with Crippen LogP contribution in [-0.2, 0) is 4.79 Å². The number of anilines is 1. The smallest absolute Gasteiger partial charge is 0.226 e. The molecule has 1 rings (SSSR count). The first-order valence-corrected chi connectivity index (χ1v) is 6.54. The number of hydrogen-bond acceptors (Lipinski definition) is 3. The third kappa shape index (κ3) is 5.77. The summed E-state index contributed by atoms with van der Waals surface area (Å²) in [6, 6.07) is 5.62. The van der Waals surface area contributed by atoms with E-state index in [9.17, 15) is 4.79 Å². The van der Waals surface area contributed by atoms with Gasteiger partial charge in [-0.15, -0.1) is 0 Å². The Labute approximate surface area is 109 Å². The van der Waals surface area contributed by atoms with Crippen LogP contribution in [0.1, 0.15) is 31.9 Å². The van der Waals surface area contributed by atoms with E-state index in [1.54, 1.807) is 0 Å². The first-order valence-electron chi connectivity index (χ1n) is 6.54. The average Bonchev–Trinajstić information content (AvgIpc) is 2.34. The van der Waals surface area contributed by atoms with Crippen molar-refractivity contribution in [3.63, 3.8) is 0 Å². The molecule has 18 heavy (non-hydrogen) atoms. The number of carbonyl (C=O) groups excluding carboxylic acids is 1. The van der Waals surface area contributed by atoms with Gasteiger partial charge in [-0.25, -0.2) is 4.98 Å². The van der Waals surface area contributed by atoms with Gasteiger partial charge in [-0.3, -0.25) is 4.79 Å². The molecule has 4 heteroatoms. The van der Waals surface area contributed by atoms with Gasteiger partial charge in [0.05, 0.1) is 0 Å². The Morgan fingerprint density at radius 2 is 2.17 bits per heavy atom.